The van der Waals surface area contributed by atoms with E-state index in [9.17, 15) is 9.59 Å². The molecule has 2 heterocycles. The number of carbonyl (C=O) groups excluding carboxylic acids is 2. The minimum absolute atomic E-state index is 0.0229. The SMILES string of the molecule is COCCCN(CC(=O)N1CCc2sccc2[C@H]1COc1ccccc1)C(=O)CC(C)C. The Kier molecular flexibility index (Phi) is 9.11. The van der Waals surface area contributed by atoms with Crippen molar-refractivity contribution in [3.63, 3.8) is 0 Å². The fraction of sp³-hybridized carbons (Fsp3) is 0.520. The zero-order valence-corrected chi connectivity index (χ0v) is 20.1. The normalized spacial score (nSPS) is 15.5. The predicted molar refractivity (Wildman–Crippen MR) is 127 cm³/mol. The van der Waals surface area contributed by atoms with Gasteiger partial charge in [0.05, 0.1) is 12.6 Å². The van der Waals surface area contributed by atoms with Crippen molar-refractivity contribution >= 4 is 23.2 Å². The quantitative estimate of drug-likeness (QED) is 0.475. The number of rotatable bonds is 11. The maximum atomic E-state index is 13.4. The monoisotopic (exact) mass is 458 g/mol. The molecule has 0 saturated carbocycles. The van der Waals surface area contributed by atoms with E-state index in [0.717, 1.165) is 17.7 Å². The maximum absolute atomic E-state index is 13.4. The van der Waals surface area contributed by atoms with Gasteiger partial charge in [0.1, 0.15) is 12.4 Å². The number of hydrogen-bond donors (Lipinski definition) is 0. The van der Waals surface area contributed by atoms with E-state index in [1.165, 1.54) is 4.88 Å². The Morgan fingerprint density at radius 3 is 2.72 bits per heavy atom. The summed E-state index contributed by atoms with van der Waals surface area (Å²) in [7, 11) is 1.65. The van der Waals surface area contributed by atoms with Gasteiger partial charge in [0.25, 0.3) is 0 Å². The fourth-order valence-corrected chi connectivity index (χ4v) is 4.92. The number of methoxy groups -OCH3 is 1. The first-order chi connectivity index (χ1) is 15.5. The van der Waals surface area contributed by atoms with Crippen LogP contribution in [0.5, 0.6) is 5.75 Å². The average molecular weight is 459 g/mol. The van der Waals surface area contributed by atoms with E-state index in [1.807, 2.05) is 49.1 Å². The standard InChI is InChI=1S/C25H34N2O4S/c1-19(2)16-24(28)26(12-7-14-30-3)17-25(29)27-13-10-23-21(11-15-32-23)22(27)18-31-20-8-5-4-6-9-20/h4-6,8-9,11,15,19,22H,7,10,12-14,16-18H2,1-3H3/t22-/m1/s1. The third-order valence-corrected chi connectivity index (χ3v) is 6.60. The molecule has 174 valence electrons. The van der Waals surface area contributed by atoms with E-state index < -0.39 is 0 Å². The lowest BCUT2D eigenvalue weighted by Crippen LogP contribution is -2.48. The number of benzene rings is 1. The summed E-state index contributed by atoms with van der Waals surface area (Å²) >= 11 is 1.73. The van der Waals surface area contributed by atoms with E-state index in [4.69, 9.17) is 9.47 Å². The molecule has 0 radical (unpaired) electrons. The highest BCUT2D eigenvalue weighted by Crippen LogP contribution is 2.34. The van der Waals surface area contributed by atoms with Crippen LogP contribution >= 0.6 is 11.3 Å². The molecule has 1 aromatic heterocycles. The molecular weight excluding hydrogens is 424 g/mol. The summed E-state index contributed by atoms with van der Waals surface area (Å²) in [5.41, 5.74) is 1.16. The first kappa shape index (κ1) is 24.3. The van der Waals surface area contributed by atoms with Crippen molar-refractivity contribution in [1.82, 2.24) is 9.80 Å². The van der Waals surface area contributed by atoms with Crippen LogP contribution in [0.4, 0.5) is 0 Å². The Balaban J connectivity index is 1.72. The minimum atomic E-state index is -0.154. The van der Waals surface area contributed by atoms with Gasteiger partial charge in [0.2, 0.25) is 11.8 Å². The molecule has 0 spiro atoms. The lowest BCUT2D eigenvalue weighted by Gasteiger charge is -2.37. The van der Waals surface area contributed by atoms with Gasteiger partial charge in [-0.3, -0.25) is 9.59 Å². The Hall–Kier alpha value is -2.38. The Morgan fingerprint density at radius 2 is 2.00 bits per heavy atom. The maximum Gasteiger partial charge on any atom is 0.242 e. The van der Waals surface area contributed by atoms with E-state index in [1.54, 1.807) is 23.3 Å². The summed E-state index contributed by atoms with van der Waals surface area (Å²) in [5.74, 6) is 1.03. The molecule has 32 heavy (non-hydrogen) atoms. The molecule has 0 fully saturated rings. The molecule has 1 aliphatic heterocycles. The number of fused-ring (bicyclic) bond motifs is 1. The van der Waals surface area contributed by atoms with E-state index in [0.29, 0.717) is 39.1 Å². The van der Waals surface area contributed by atoms with Gasteiger partial charge in [0, 0.05) is 38.1 Å². The summed E-state index contributed by atoms with van der Waals surface area (Å²) in [6.07, 6.45) is 1.99. The highest BCUT2D eigenvalue weighted by Gasteiger charge is 2.33. The minimum Gasteiger partial charge on any atom is -0.491 e. The molecule has 1 aromatic carbocycles. The van der Waals surface area contributed by atoms with Crippen LogP contribution in [-0.4, -0.2) is 61.6 Å². The van der Waals surface area contributed by atoms with Gasteiger partial charge in [-0.2, -0.15) is 0 Å². The molecule has 0 unspecified atom stereocenters. The Bertz CT molecular complexity index is 868. The zero-order valence-electron chi connectivity index (χ0n) is 19.3. The second kappa shape index (κ2) is 12.0. The van der Waals surface area contributed by atoms with Gasteiger partial charge >= 0.3 is 0 Å². The van der Waals surface area contributed by atoms with Crippen LogP contribution in [0, 0.1) is 5.92 Å². The highest BCUT2D eigenvalue weighted by atomic mass is 32.1. The third kappa shape index (κ3) is 6.56. The lowest BCUT2D eigenvalue weighted by atomic mass is 10.00. The number of hydrogen-bond acceptors (Lipinski definition) is 5. The van der Waals surface area contributed by atoms with Gasteiger partial charge in [0.15, 0.2) is 0 Å². The molecule has 2 amide bonds. The number of nitrogens with zero attached hydrogens (tertiary/aromatic N) is 2. The molecule has 0 bridgehead atoms. The van der Waals surface area contributed by atoms with Crippen LogP contribution in [0.2, 0.25) is 0 Å². The third-order valence-electron chi connectivity index (χ3n) is 5.60. The van der Waals surface area contributed by atoms with Crippen molar-refractivity contribution in [3.8, 4) is 5.75 Å². The number of carbonyl (C=O) groups is 2. The van der Waals surface area contributed by atoms with Crippen molar-refractivity contribution in [2.45, 2.75) is 39.2 Å². The van der Waals surface area contributed by atoms with Gasteiger partial charge in [-0.15, -0.1) is 11.3 Å². The van der Waals surface area contributed by atoms with Crippen molar-refractivity contribution < 1.29 is 19.1 Å². The lowest BCUT2D eigenvalue weighted by molar-refractivity contribution is -0.143. The molecule has 0 aliphatic carbocycles. The molecule has 3 rings (SSSR count). The zero-order chi connectivity index (χ0) is 22.9. The average Bonchev–Trinajstić information content (AvgIpc) is 3.26. The highest BCUT2D eigenvalue weighted by molar-refractivity contribution is 7.10. The molecule has 1 aliphatic rings. The molecular formula is C25H34N2O4S. The number of para-hydroxylation sites is 1. The summed E-state index contributed by atoms with van der Waals surface area (Å²) in [6, 6.07) is 11.6. The summed E-state index contributed by atoms with van der Waals surface area (Å²) in [5, 5.41) is 2.08. The summed E-state index contributed by atoms with van der Waals surface area (Å²) in [4.78, 5) is 31.1. The predicted octanol–water partition coefficient (Wildman–Crippen LogP) is 4.16. The number of ether oxygens (including phenoxy) is 2. The van der Waals surface area contributed by atoms with Crippen molar-refractivity contribution in [3.05, 3.63) is 52.2 Å². The molecule has 7 heteroatoms. The first-order valence-electron chi connectivity index (χ1n) is 11.3. The molecule has 2 aromatic rings. The van der Waals surface area contributed by atoms with Gasteiger partial charge in [-0.25, -0.2) is 0 Å². The second-order valence-corrected chi connectivity index (χ2v) is 9.54. The van der Waals surface area contributed by atoms with E-state index >= 15 is 0 Å². The van der Waals surface area contributed by atoms with E-state index in [-0.39, 0.29) is 30.3 Å². The second-order valence-electron chi connectivity index (χ2n) is 8.54. The van der Waals surface area contributed by atoms with Crippen molar-refractivity contribution in [2.75, 3.05) is 40.0 Å². The fourth-order valence-electron chi connectivity index (χ4n) is 3.99. The first-order valence-corrected chi connectivity index (χ1v) is 12.2. The summed E-state index contributed by atoms with van der Waals surface area (Å²) in [6.45, 7) is 6.25. The van der Waals surface area contributed by atoms with Gasteiger partial charge < -0.3 is 19.3 Å². The largest absolute Gasteiger partial charge is 0.491 e. The molecule has 0 saturated heterocycles. The van der Waals surface area contributed by atoms with Crippen LogP contribution in [-0.2, 0) is 20.7 Å². The molecule has 0 N–H and O–H groups in total. The number of amides is 2. The van der Waals surface area contributed by atoms with E-state index in [2.05, 4.69) is 11.4 Å². The van der Waals surface area contributed by atoms with Crippen LogP contribution < -0.4 is 4.74 Å². The summed E-state index contributed by atoms with van der Waals surface area (Å²) < 4.78 is 11.2. The van der Waals surface area contributed by atoms with Crippen LogP contribution in [0.25, 0.3) is 0 Å². The van der Waals surface area contributed by atoms with Crippen LogP contribution in [0.1, 0.15) is 43.2 Å². The molecule has 1 atom stereocenters. The smallest absolute Gasteiger partial charge is 0.242 e. The Morgan fingerprint density at radius 1 is 1.22 bits per heavy atom. The van der Waals surface area contributed by atoms with Gasteiger partial charge in [-0.1, -0.05) is 32.0 Å². The Labute approximate surface area is 195 Å². The van der Waals surface area contributed by atoms with Crippen molar-refractivity contribution in [1.29, 1.82) is 0 Å². The van der Waals surface area contributed by atoms with Crippen LogP contribution in [0.3, 0.4) is 0 Å². The number of thiophene rings is 1. The van der Waals surface area contributed by atoms with Gasteiger partial charge in [-0.05, 0) is 47.9 Å². The topological polar surface area (TPSA) is 59.1 Å². The molecule has 6 nitrogen and oxygen atoms in total. The van der Waals surface area contributed by atoms with Crippen LogP contribution in [0.15, 0.2) is 41.8 Å². The van der Waals surface area contributed by atoms with Crippen molar-refractivity contribution in [2.24, 2.45) is 5.92 Å².